The largest absolute Gasteiger partial charge is 0.196 e. The van der Waals surface area contributed by atoms with Gasteiger partial charge in [-0.3, -0.25) is 0 Å². The average Bonchev–Trinajstić information content (AvgIpc) is 2.54. The summed E-state index contributed by atoms with van der Waals surface area (Å²) in [6, 6.07) is 3.62. The van der Waals surface area contributed by atoms with Crippen LogP contribution < -0.4 is 0 Å². The smallest absolute Gasteiger partial charge is 0.157 e. The van der Waals surface area contributed by atoms with Crippen LogP contribution in [0.4, 0.5) is 0 Å². The van der Waals surface area contributed by atoms with Crippen molar-refractivity contribution in [1.29, 1.82) is 10.5 Å². The number of unbranched alkanes of at least 4 members (excludes halogenated alkanes) is 4. The molecule has 0 aliphatic heterocycles. The first-order chi connectivity index (χ1) is 11.5. The lowest BCUT2D eigenvalue weighted by atomic mass is 10.0. The van der Waals surface area contributed by atoms with Gasteiger partial charge in [0.15, 0.2) is 12.1 Å². The summed E-state index contributed by atoms with van der Waals surface area (Å²) in [6.45, 7) is 8.93. The average molecular weight is 333 g/mol. The minimum Gasteiger partial charge on any atom is -0.196 e. The van der Waals surface area contributed by atoms with Gasteiger partial charge in [0, 0.05) is 0 Å². The number of nitrogens with zero attached hydrogens (tertiary/aromatic N) is 4. The van der Waals surface area contributed by atoms with Crippen molar-refractivity contribution in [3.63, 3.8) is 0 Å². The van der Waals surface area contributed by atoms with E-state index in [-0.39, 0.29) is 12.1 Å². The Morgan fingerprint density at radius 1 is 0.583 bits per heavy atom. The number of rotatable bonds is 14. The number of hydrogen-bond donors (Lipinski definition) is 0. The molecule has 0 saturated heterocycles. The van der Waals surface area contributed by atoms with Crippen LogP contribution in [0.5, 0.6) is 0 Å². The molecule has 0 N–H and O–H groups in total. The van der Waals surface area contributed by atoms with Crippen molar-refractivity contribution in [3.05, 3.63) is 0 Å². The van der Waals surface area contributed by atoms with E-state index in [0.29, 0.717) is 0 Å². The molecule has 4 nitrogen and oxygen atoms in total. The van der Waals surface area contributed by atoms with Gasteiger partial charge in [0.05, 0.1) is 12.1 Å². The van der Waals surface area contributed by atoms with E-state index in [9.17, 15) is 0 Å². The Kier molecular flexibility index (Phi) is 14.2. The number of azo groups is 1. The molecule has 0 aromatic heterocycles. The summed E-state index contributed by atoms with van der Waals surface area (Å²) in [6.07, 6.45) is 10.7. The van der Waals surface area contributed by atoms with Crippen LogP contribution in [0.25, 0.3) is 0 Å². The van der Waals surface area contributed by atoms with E-state index < -0.39 is 0 Å². The molecule has 0 aliphatic rings. The lowest BCUT2D eigenvalue weighted by Crippen LogP contribution is -2.04. The van der Waals surface area contributed by atoms with Gasteiger partial charge in [-0.15, -0.1) is 0 Å². The lowest BCUT2D eigenvalue weighted by molar-refractivity contribution is 0.502. The van der Waals surface area contributed by atoms with Crippen LogP contribution in [0, 0.1) is 34.5 Å². The maximum absolute atomic E-state index is 9.17. The molecule has 24 heavy (non-hydrogen) atoms. The normalized spacial score (nSPS) is 14.0. The maximum atomic E-state index is 9.17. The summed E-state index contributed by atoms with van der Waals surface area (Å²) in [5.74, 6) is 1.49. The molecular weight excluding hydrogens is 296 g/mol. The first-order valence-electron chi connectivity index (χ1n) is 9.68. The highest BCUT2D eigenvalue weighted by Gasteiger charge is 2.09. The zero-order chi connectivity index (χ0) is 18.2. The predicted molar refractivity (Wildman–Crippen MR) is 99.5 cm³/mol. The molecule has 0 amide bonds. The van der Waals surface area contributed by atoms with Crippen LogP contribution in [-0.4, -0.2) is 12.1 Å². The molecule has 4 heteroatoms. The molecule has 2 atom stereocenters. The Bertz CT molecular complexity index is 363. The summed E-state index contributed by atoms with van der Waals surface area (Å²) in [5, 5.41) is 26.6. The molecule has 2 unspecified atom stereocenters. The first kappa shape index (κ1) is 22.6. The predicted octanol–water partition coefficient (Wildman–Crippen LogP) is 6.44. The van der Waals surface area contributed by atoms with Crippen LogP contribution in [0.2, 0.25) is 0 Å². The molecule has 136 valence electrons. The van der Waals surface area contributed by atoms with Gasteiger partial charge in [-0.2, -0.15) is 20.8 Å². The van der Waals surface area contributed by atoms with Gasteiger partial charge in [-0.05, 0) is 24.7 Å². The standard InChI is InChI=1S/C20H36N4/c1-17(2)11-7-5-9-13-19(15-21)23-24-20(16-22)14-10-6-8-12-18(3)4/h17-20H,5-14H2,1-4H3. The van der Waals surface area contributed by atoms with Crippen LogP contribution in [-0.2, 0) is 0 Å². The quantitative estimate of drug-likeness (QED) is 0.271. The summed E-state index contributed by atoms with van der Waals surface area (Å²) in [5.41, 5.74) is 0. The van der Waals surface area contributed by atoms with Gasteiger partial charge >= 0.3 is 0 Å². The van der Waals surface area contributed by atoms with Gasteiger partial charge in [-0.25, -0.2) is 0 Å². The molecule has 0 heterocycles. The number of hydrogen-bond acceptors (Lipinski definition) is 4. The molecule has 0 fully saturated rings. The number of nitriles is 2. The Hall–Kier alpha value is -1.42. The molecule has 0 aromatic carbocycles. The highest BCUT2D eigenvalue weighted by atomic mass is 15.1. The molecule has 0 rings (SSSR count). The summed E-state index contributed by atoms with van der Waals surface area (Å²) < 4.78 is 0. The topological polar surface area (TPSA) is 72.3 Å². The van der Waals surface area contributed by atoms with E-state index in [2.05, 4.69) is 50.1 Å². The minimum atomic E-state index is -0.388. The van der Waals surface area contributed by atoms with Crippen LogP contribution in [0.3, 0.4) is 0 Å². The third-order valence-corrected chi connectivity index (χ3v) is 4.16. The minimum absolute atomic E-state index is 0.388. The van der Waals surface area contributed by atoms with Crippen molar-refractivity contribution in [2.24, 2.45) is 22.1 Å². The van der Waals surface area contributed by atoms with E-state index in [1.807, 2.05) is 0 Å². The lowest BCUT2D eigenvalue weighted by Gasteiger charge is -2.07. The van der Waals surface area contributed by atoms with Crippen molar-refractivity contribution in [2.75, 3.05) is 0 Å². The van der Waals surface area contributed by atoms with E-state index in [0.717, 1.165) is 50.4 Å². The Labute approximate surface area is 149 Å². The summed E-state index contributed by atoms with van der Waals surface area (Å²) >= 11 is 0. The molecular formula is C20H36N4. The van der Waals surface area contributed by atoms with E-state index >= 15 is 0 Å². The fourth-order valence-electron chi connectivity index (χ4n) is 2.59. The van der Waals surface area contributed by atoms with Gasteiger partial charge in [0.25, 0.3) is 0 Å². The Morgan fingerprint density at radius 2 is 0.917 bits per heavy atom. The van der Waals surface area contributed by atoms with Crippen LogP contribution in [0.15, 0.2) is 10.2 Å². The van der Waals surface area contributed by atoms with Gasteiger partial charge in [0.1, 0.15) is 0 Å². The molecule has 0 saturated carbocycles. The highest BCUT2D eigenvalue weighted by molar-refractivity contribution is 4.92. The second-order valence-electron chi connectivity index (χ2n) is 7.58. The van der Waals surface area contributed by atoms with E-state index in [4.69, 9.17) is 10.5 Å². The summed E-state index contributed by atoms with van der Waals surface area (Å²) in [7, 11) is 0. The van der Waals surface area contributed by atoms with Gasteiger partial charge < -0.3 is 0 Å². The Morgan fingerprint density at radius 3 is 1.21 bits per heavy atom. The van der Waals surface area contributed by atoms with Gasteiger partial charge in [-0.1, -0.05) is 79.1 Å². The third-order valence-electron chi connectivity index (χ3n) is 4.16. The second-order valence-corrected chi connectivity index (χ2v) is 7.58. The second kappa shape index (κ2) is 15.1. The van der Waals surface area contributed by atoms with Crippen LogP contribution in [0.1, 0.15) is 91.9 Å². The van der Waals surface area contributed by atoms with Crippen molar-refractivity contribution in [1.82, 2.24) is 0 Å². The first-order valence-corrected chi connectivity index (χ1v) is 9.68. The van der Waals surface area contributed by atoms with Gasteiger partial charge in [0.2, 0.25) is 0 Å². The zero-order valence-corrected chi connectivity index (χ0v) is 16.2. The van der Waals surface area contributed by atoms with Crippen LogP contribution >= 0.6 is 0 Å². The van der Waals surface area contributed by atoms with Crippen molar-refractivity contribution < 1.29 is 0 Å². The molecule has 0 radical (unpaired) electrons. The fraction of sp³-hybridized carbons (Fsp3) is 0.900. The molecule has 0 aliphatic carbocycles. The Balaban J connectivity index is 3.96. The van der Waals surface area contributed by atoms with Crippen molar-refractivity contribution in [3.8, 4) is 12.1 Å². The van der Waals surface area contributed by atoms with Crippen molar-refractivity contribution in [2.45, 2.75) is 104 Å². The molecule has 0 spiro atoms. The monoisotopic (exact) mass is 332 g/mol. The van der Waals surface area contributed by atoms with E-state index in [1.54, 1.807) is 0 Å². The van der Waals surface area contributed by atoms with Crippen molar-refractivity contribution >= 4 is 0 Å². The zero-order valence-electron chi connectivity index (χ0n) is 16.2. The highest BCUT2D eigenvalue weighted by Crippen LogP contribution is 2.14. The SMILES string of the molecule is CC(C)CCCCCC(C#N)N=NC(C#N)CCCCCC(C)C. The molecule has 0 bridgehead atoms. The third kappa shape index (κ3) is 14.2. The summed E-state index contributed by atoms with van der Waals surface area (Å²) in [4.78, 5) is 0. The maximum Gasteiger partial charge on any atom is 0.157 e. The van der Waals surface area contributed by atoms with E-state index in [1.165, 1.54) is 25.7 Å². The fourth-order valence-corrected chi connectivity index (χ4v) is 2.59. The molecule has 0 aromatic rings.